The van der Waals surface area contributed by atoms with Gasteiger partial charge in [0.15, 0.2) is 11.3 Å². The van der Waals surface area contributed by atoms with Crippen molar-refractivity contribution in [2.45, 2.75) is 6.92 Å². The van der Waals surface area contributed by atoms with Gasteiger partial charge in [-0.15, -0.1) is 0 Å². The smallest absolute Gasteiger partial charge is 0.382 e. The Morgan fingerprint density at radius 3 is 2.42 bits per heavy atom. The molecule has 68 valence electrons. The highest BCUT2D eigenvalue weighted by Crippen LogP contribution is 2.44. The van der Waals surface area contributed by atoms with Crippen LogP contribution in [0.3, 0.4) is 0 Å². The normalized spacial score (nSPS) is 11.9. The van der Waals surface area contributed by atoms with Crippen molar-refractivity contribution < 1.29 is 18.0 Å². The molecule has 0 atom stereocenters. The lowest BCUT2D eigenvalue weighted by molar-refractivity contribution is 0.286. The number of nitrogens with zero attached hydrogens (tertiary/aromatic N) is 1. The lowest BCUT2D eigenvalue weighted by atomic mass is 10.8. The maximum atomic E-state index is 11.6. The fraction of sp³-hybridized carbons (Fsp3) is 0.500. The summed E-state index contributed by atoms with van der Waals surface area (Å²) in [6.07, 6.45) is 1.27. The first-order valence-corrected chi connectivity index (χ1v) is 4.81. The van der Waals surface area contributed by atoms with Crippen molar-refractivity contribution in [3.05, 3.63) is 12.2 Å². The van der Waals surface area contributed by atoms with Crippen LogP contribution in [0.4, 0.5) is 0 Å². The van der Waals surface area contributed by atoms with E-state index in [2.05, 4.69) is 4.98 Å². The maximum Gasteiger partial charge on any atom is 0.382 e. The Kier molecular flexibility index (Phi) is 2.67. The molecule has 0 bridgehead atoms. The van der Waals surface area contributed by atoms with Crippen LogP contribution in [0.2, 0.25) is 0 Å². The van der Waals surface area contributed by atoms with Crippen molar-refractivity contribution in [1.29, 1.82) is 0 Å². The van der Waals surface area contributed by atoms with E-state index in [0.717, 1.165) is 0 Å². The minimum absolute atomic E-state index is 0.199. The van der Waals surface area contributed by atoms with Crippen molar-refractivity contribution in [3.8, 4) is 0 Å². The maximum absolute atomic E-state index is 11.6. The Morgan fingerprint density at radius 1 is 1.50 bits per heavy atom. The van der Waals surface area contributed by atoms with E-state index in [9.17, 15) is 4.57 Å². The average Bonchev–Trinajstić information content (AvgIpc) is 2.51. The van der Waals surface area contributed by atoms with E-state index in [0.29, 0.717) is 5.89 Å². The first-order chi connectivity index (χ1) is 5.62. The molecule has 6 heteroatoms. The SMILES string of the molecule is COP(=O)(OC)c1coc(C)n1. The van der Waals surface area contributed by atoms with Gasteiger partial charge in [-0.2, -0.15) is 0 Å². The van der Waals surface area contributed by atoms with Crippen molar-refractivity contribution in [2.75, 3.05) is 14.2 Å². The summed E-state index contributed by atoms with van der Waals surface area (Å²) in [5.74, 6) is 0.430. The van der Waals surface area contributed by atoms with E-state index in [4.69, 9.17) is 13.5 Å². The standard InChI is InChI=1S/C6H10NO4P/c1-5-7-6(4-11-5)12(8,9-2)10-3/h4H,1-3H3. The molecular formula is C6H10NO4P. The quantitative estimate of drug-likeness (QED) is 0.669. The summed E-state index contributed by atoms with van der Waals surface area (Å²) in [7, 11) is -0.618. The van der Waals surface area contributed by atoms with Crippen molar-refractivity contribution >= 4 is 13.0 Å². The molecule has 0 aliphatic carbocycles. The lowest BCUT2D eigenvalue weighted by Gasteiger charge is -2.08. The first-order valence-electron chi connectivity index (χ1n) is 3.26. The Balaban J connectivity index is 3.03. The zero-order chi connectivity index (χ0) is 9.19. The average molecular weight is 191 g/mol. The molecule has 5 nitrogen and oxygen atoms in total. The van der Waals surface area contributed by atoms with Crippen molar-refractivity contribution in [3.63, 3.8) is 0 Å². The van der Waals surface area contributed by atoms with E-state index < -0.39 is 7.60 Å². The summed E-state index contributed by atoms with van der Waals surface area (Å²) in [5, 5.41) is 0. The molecule has 1 heterocycles. The van der Waals surface area contributed by atoms with Crippen LogP contribution in [0.25, 0.3) is 0 Å². The summed E-state index contributed by atoms with van der Waals surface area (Å²) in [4.78, 5) is 3.84. The molecule has 0 amide bonds. The fourth-order valence-electron chi connectivity index (χ4n) is 0.739. The van der Waals surface area contributed by atoms with Gasteiger partial charge in [-0.3, -0.25) is 4.57 Å². The number of hydrogen-bond donors (Lipinski definition) is 0. The van der Waals surface area contributed by atoms with E-state index in [1.54, 1.807) is 6.92 Å². The number of rotatable bonds is 3. The molecule has 0 saturated carbocycles. The zero-order valence-electron chi connectivity index (χ0n) is 7.10. The monoisotopic (exact) mass is 191 g/mol. The van der Waals surface area contributed by atoms with Gasteiger partial charge in [-0.25, -0.2) is 4.98 Å². The lowest BCUT2D eigenvalue weighted by Crippen LogP contribution is -2.08. The van der Waals surface area contributed by atoms with Crippen LogP contribution >= 0.6 is 7.60 Å². The van der Waals surface area contributed by atoms with Gasteiger partial charge in [-0.1, -0.05) is 0 Å². The number of aryl methyl sites for hydroxylation is 1. The van der Waals surface area contributed by atoms with Gasteiger partial charge >= 0.3 is 7.60 Å². The third kappa shape index (κ3) is 1.58. The van der Waals surface area contributed by atoms with Crippen LogP contribution in [-0.4, -0.2) is 19.2 Å². The molecule has 0 aromatic carbocycles. The summed E-state index contributed by atoms with van der Waals surface area (Å²) in [5.41, 5.74) is 0.199. The Bertz CT molecular complexity index is 300. The highest BCUT2D eigenvalue weighted by Gasteiger charge is 2.28. The molecule has 12 heavy (non-hydrogen) atoms. The second-order valence-corrected chi connectivity index (χ2v) is 4.27. The number of hydrogen-bond acceptors (Lipinski definition) is 5. The van der Waals surface area contributed by atoms with Gasteiger partial charge in [0.25, 0.3) is 0 Å². The van der Waals surface area contributed by atoms with Crippen LogP contribution in [0.1, 0.15) is 5.89 Å². The molecule has 0 N–H and O–H groups in total. The third-order valence-corrected chi connectivity index (χ3v) is 3.10. The van der Waals surface area contributed by atoms with E-state index in [1.807, 2.05) is 0 Å². The predicted octanol–water partition coefficient (Wildman–Crippen LogP) is 1.09. The highest BCUT2D eigenvalue weighted by molar-refractivity contribution is 7.61. The van der Waals surface area contributed by atoms with Crippen LogP contribution in [-0.2, 0) is 13.6 Å². The van der Waals surface area contributed by atoms with Gasteiger partial charge in [0.1, 0.15) is 6.26 Å². The molecule has 0 fully saturated rings. The Hall–Kier alpha value is -0.640. The van der Waals surface area contributed by atoms with Crippen LogP contribution in [0.5, 0.6) is 0 Å². The van der Waals surface area contributed by atoms with Crippen LogP contribution < -0.4 is 5.44 Å². The zero-order valence-corrected chi connectivity index (χ0v) is 8.00. The van der Waals surface area contributed by atoms with Crippen molar-refractivity contribution in [2.24, 2.45) is 0 Å². The second-order valence-electron chi connectivity index (χ2n) is 2.09. The minimum atomic E-state index is -3.22. The Morgan fingerprint density at radius 2 is 2.08 bits per heavy atom. The third-order valence-electron chi connectivity index (χ3n) is 1.37. The molecule has 0 spiro atoms. The molecule has 0 aliphatic heterocycles. The fourth-order valence-corrected chi connectivity index (χ4v) is 1.71. The number of oxazole rings is 1. The molecule has 1 rings (SSSR count). The summed E-state index contributed by atoms with van der Waals surface area (Å²) in [6, 6.07) is 0. The van der Waals surface area contributed by atoms with Crippen LogP contribution in [0.15, 0.2) is 10.7 Å². The van der Waals surface area contributed by atoms with Gasteiger partial charge < -0.3 is 13.5 Å². The number of aromatic nitrogens is 1. The Labute approximate surface area is 70.2 Å². The van der Waals surface area contributed by atoms with Gasteiger partial charge in [0, 0.05) is 21.1 Å². The van der Waals surface area contributed by atoms with Gasteiger partial charge in [0.05, 0.1) is 0 Å². The predicted molar refractivity (Wildman–Crippen MR) is 42.5 cm³/mol. The van der Waals surface area contributed by atoms with Gasteiger partial charge in [-0.05, 0) is 0 Å². The molecule has 0 aliphatic rings. The topological polar surface area (TPSA) is 61.6 Å². The molecule has 1 aromatic heterocycles. The van der Waals surface area contributed by atoms with Crippen molar-refractivity contribution in [1.82, 2.24) is 4.98 Å². The molecule has 0 saturated heterocycles. The van der Waals surface area contributed by atoms with E-state index in [-0.39, 0.29) is 5.44 Å². The molecule has 0 unspecified atom stereocenters. The first kappa shape index (κ1) is 9.45. The highest BCUT2D eigenvalue weighted by atomic mass is 31.2. The largest absolute Gasteiger partial charge is 0.448 e. The minimum Gasteiger partial charge on any atom is -0.448 e. The summed E-state index contributed by atoms with van der Waals surface area (Å²) < 4.78 is 25.9. The molecule has 1 aromatic rings. The molecular weight excluding hydrogens is 181 g/mol. The van der Waals surface area contributed by atoms with E-state index >= 15 is 0 Å². The summed E-state index contributed by atoms with van der Waals surface area (Å²) >= 11 is 0. The van der Waals surface area contributed by atoms with E-state index in [1.165, 1.54) is 20.5 Å². The van der Waals surface area contributed by atoms with Crippen LogP contribution in [0, 0.1) is 6.92 Å². The molecule has 0 radical (unpaired) electrons. The summed E-state index contributed by atoms with van der Waals surface area (Å²) in [6.45, 7) is 1.65. The van der Waals surface area contributed by atoms with Gasteiger partial charge in [0.2, 0.25) is 0 Å². The second kappa shape index (κ2) is 3.39.